The highest BCUT2D eigenvalue weighted by atomic mass is 19.0. The smallest absolute Gasteiger partial charge is 0.0757 e. The fourth-order valence-electron chi connectivity index (χ4n) is 5.37. The van der Waals surface area contributed by atoms with E-state index in [4.69, 9.17) is 15.1 Å². The van der Waals surface area contributed by atoms with Gasteiger partial charge >= 0.3 is 0 Å². The summed E-state index contributed by atoms with van der Waals surface area (Å²) in [4.78, 5) is 0. The summed E-state index contributed by atoms with van der Waals surface area (Å²) < 4.78 is 5.11. The molecule has 0 amide bonds. The number of halogens is 1. The molecule has 0 spiro atoms. The Morgan fingerprint density at radius 3 is 0.317 bits per heavy atom. The second-order valence-electron chi connectivity index (χ2n) is 10.7. The van der Waals surface area contributed by atoms with Crippen molar-refractivity contribution in [1.29, 1.82) is 0 Å². The van der Waals surface area contributed by atoms with Crippen molar-refractivity contribution in [2.45, 2.75) is 111 Å². The van der Waals surface area contributed by atoms with Crippen LogP contribution in [0.1, 0.15) is 111 Å². The van der Waals surface area contributed by atoms with Crippen LogP contribution in [0.4, 0.5) is 0 Å². The zero-order chi connectivity index (χ0) is 32.9. The van der Waals surface area contributed by atoms with Gasteiger partial charge in [-0.05, 0) is 111 Å². The Balaban J connectivity index is -0.0000000946. The van der Waals surface area contributed by atoms with E-state index in [0.29, 0.717) is 0 Å². The first-order valence-electron chi connectivity index (χ1n) is 17.1. The summed E-state index contributed by atoms with van der Waals surface area (Å²) in [5, 5.41) is 25.2. The maximum Gasteiger partial charge on any atom is 0.0757 e. The van der Waals surface area contributed by atoms with Gasteiger partial charge in [-0.3, -0.25) is 7.32 Å². The van der Waals surface area contributed by atoms with E-state index in [1.165, 1.54) is 123 Å². The molecule has 256 valence electrons. The minimum Gasteiger partial charge on any atom is -1.00 e. The third-order valence-electron chi connectivity index (χ3n) is 10.7. The molecule has 9 heteroatoms. The number of hydrogen-bond donors (Lipinski definition) is 0. The third-order valence-corrected chi connectivity index (χ3v) is 10.7. The molecule has 0 rings (SSSR count). The molecular weight excluding hydrogens is 518 g/mol. The fraction of sp³-hybridized carbons (Fsp3) is 1.00. The van der Waals surface area contributed by atoms with Crippen LogP contribution in [0.3, 0.4) is 0 Å². The summed E-state index contributed by atoms with van der Waals surface area (Å²) in [6.45, 7) is 56.9. The van der Waals surface area contributed by atoms with Gasteiger partial charge < -0.3 is 37.7 Å². The Bertz CT molecular complexity index is 335. The molecule has 0 N–H and O–H groups in total. The molecule has 0 heterocycles. The van der Waals surface area contributed by atoms with Crippen molar-refractivity contribution in [1.82, 2.24) is 0 Å². The lowest BCUT2D eigenvalue weighted by Gasteiger charge is -2.35. The Labute approximate surface area is 260 Å². The molecule has 0 atom stereocenters. The molecule has 7 nitrogen and oxygen atoms in total. The first-order valence-corrected chi connectivity index (χ1v) is 17.1. The molecule has 0 radical (unpaired) electrons. The first-order chi connectivity index (χ1) is 18.7. The second kappa shape index (κ2) is 32.6. The van der Waals surface area contributed by atoms with Crippen molar-refractivity contribution >= 4 is 7.32 Å². The Kier molecular flexibility index (Phi) is 42.4. The summed E-state index contributed by atoms with van der Waals surface area (Å²) in [5.74, 6) is 0. The van der Waals surface area contributed by atoms with Crippen LogP contribution >= 0.6 is 0 Å². The van der Waals surface area contributed by atoms with Gasteiger partial charge in [0.1, 0.15) is 0 Å². The molecule has 0 aromatic heterocycles. The molecule has 0 saturated heterocycles. The molecule has 41 heavy (non-hydrogen) atoms. The van der Waals surface area contributed by atoms with Crippen molar-refractivity contribution in [3.05, 3.63) is 0 Å². The van der Waals surface area contributed by atoms with E-state index in [0.717, 1.165) is 0 Å². The van der Waals surface area contributed by atoms with E-state index in [1.807, 2.05) is 0 Å². The number of nitrogens with zero attached hydrogens (tertiary/aromatic N) is 4. The van der Waals surface area contributed by atoms with E-state index in [1.54, 1.807) is 0 Å². The maximum atomic E-state index is 8.42. The van der Waals surface area contributed by atoms with E-state index >= 15 is 0 Å². The van der Waals surface area contributed by atoms with Gasteiger partial charge in [0.25, 0.3) is 0 Å². The molecule has 0 fully saturated rings. The minimum atomic E-state index is -2.92. The number of hydrogen-bond acceptors (Lipinski definition) is 3. The SMILES string of the molecule is CC[N+](CC)(CC)CC.CC[N+](CC)(CC)CC.CC[N+](CC)(CC)CC.CC[N+](CC)(CC)CC.[F-].[O-]B([O-])[O-]. The van der Waals surface area contributed by atoms with Crippen LogP contribution in [0.25, 0.3) is 0 Å². The highest BCUT2D eigenvalue weighted by molar-refractivity contribution is 6.24. The quantitative estimate of drug-likeness (QED) is 0.193. The lowest BCUT2D eigenvalue weighted by atomic mass is 10.3. The van der Waals surface area contributed by atoms with Crippen molar-refractivity contribution in [3.63, 3.8) is 0 Å². The predicted molar refractivity (Wildman–Crippen MR) is 175 cm³/mol. The van der Waals surface area contributed by atoms with Crippen LogP contribution in [-0.2, 0) is 0 Å². The molecule has 0 aliphatic rings. The van der Waals surface area contributed by atoms with Crippen molar-refractivity contribution in [2.75, 3.05) is 105 Å². The van der Waals surface area contributed by atoms with E-state index < -0.39 is 7.32 Å². The van der Waals surface area contributed by atoms with Crippen molar-refractivity contribution < 1.29 is 37.7 Å². The zero-order valence-corrected chi connectivity index (χ0v) is 31.3. The molecule has 0 aromatic carbocycles. The summed E-state index contributed by atoms with van der Waals surface area (Å²) >= 11 is 0. The van der Waals surface area contributed by atoms with Crippen LogP contribution in [-0.4, -0.2) is 130 Å². The van der Waals surface area contributed by atoms with Gasteiger partial charge in [-0.2, -0.15) is 0 Å². The monoisotopic (exact) mass is 599 g/mol. The van der Waals surface area contributed by atoms with Gasteiger partial charge in [-0.15, -0.1) is 0 Å². The average molecular weight is 599 g/mol. The fourth-order valence-corrected chi connectivity index (χ4v) is 5.37. The van der Waals surface area contributed by atoms with Crippen LogP contribution in [0.5, 0.6) is 0 Å². The van der Waals surface area contributed by atoms with Crippen LogP contribution < -0.4 is 19.8 Å². The van der Waals surface area contributed by atoms with Crippen LogP contribution in [0, 0.1) is 0 Å². The summed E-state index contributed by atoms with van der Waals surface area (Å²) in [6, 6.07) is 0. The normalized spacial score (nSPS) is 11.2. The van der Waals surface area contributed by atoms with E-state index in [9.17, 15) is 0 Å². The van der Waals surface area contributed by atoms with E-state index in [2.05, 4.69) is 111 Å². The molecule has 0 bridgehead atoms. The zero-order valence-electron chi connectivity index (χ0n) is 31.3. The lowest BCUT2D eigenvalue weighted by molar-refractivity contribution is -0.921. The van der Waals surface area contributed by atoms with E-state index in [-0.39, 0.29) is 4.70 Å². The third kappa shape index (κ3) is 24.8. The van der Waals surface area contributed by atoms with Gasteiger partial charge in [0.05, 0.1) is 105 Å². The molecule has 0 aliphatic heterocycles. The highest BCUT2D eigenvalue weighted by Gasteiger charge is 2.18. The van der Waals surface area contributed by atoms with Crippen LogP contribution in [0.2, 0.25) is 0 Å². The number of rotatable bonds is 16. The Morgan fingerprint density at radius 1 is 0.268 bits per heavy atom. The van der Waals surface area contributed by atoms with Gasteiger partial charge in [-0.1, -0.05) is 0 Å². The maximum absolute atomic E-state index is 8.42. The second-order valence-corrected chi connectivity index (χ2v) is 10.7. The van der Waals surface area contributed by atoms with Gasteiger partial charge in [0.15, 0.2) is 0 Å². The van der Waals surface area contributed by atoms with Crippen LogP contribution in [0.15, 0.2) is 0 Å². The Hall–Kier alpha value is -0.285. The molecule has 0 saturated carbocycles. The largest absolute Gasteiger partial charge is 1.00 e. The summed E-state index contributed by atoms with van der Waals surface area (Å²) in [7, 11) is -2.92. The molecule has 0 aliphatic carbocycles. The molecule has 0 unspecified atom stereocenters. The summed E-state index contributed by atoms with van der Waals surface area (Å²) in [6.07, 6.45) is 0. The average Bonchev–Trinajstić information content (AvgIpc) is 3.00. The van der Waals surface area contributed by atoms with Crippen molar-refractivity contribution in [2.24, 2.45) is 0 Å². The van der Waals surface area contributed by atoms with Gasteiger partial charge in [-0.25, -0.2) is 0 Å². The standard InChI is InChI=1S/4C8H20N.BO3.FH/c4*1-5-9(6-2,7-3)8-4;2-1(3)4;/h4*5-8H2,1-4H3;;1H/q4*+1;-3;/p-1. The van der Waals surface area contributed by atoms with Crippen molar-refractivity contribution in [3.8, 4) is 0 Å². The lowest BCUT2D eigenvalue weighted by Crippen LogP contribution is -3.00. The first kappa shape index (κ1) is 53.3. The Morgan fingerprint density at radius 2 is 0.317 bits per heavy atom. The predicted octanol–water partition coefficient (Wildman–Crippen LogP) is 0.587. The summed E-state index contributed by atoms with van der Waals surface area (Å²) in [5.41, 5.74) is 0. The minimum absolute atomic E-state index is 0. The molecule has 0 aromatic rings. The van der Waals surface area contributed by atoms with Gasteiger partial charge in [0.2, 0.25) is 0 Å². The van der Waals surface area contributed by atoms with Gasteiger partial charge in [0, 0.05) is 0 Å². The topological polar surface area (TPSA) is 69.2 Å². The number of quaternary nitrogens is 4. The highest BCUT2D eigenvalue weighted by Crippen LogP contribution is 2.05. The molecular formula is C32H80BFN4O3.